The van der Waals surface area contributed by atoms with E-state index in [1.54, 1.807) is 12.1 Å². The maximum atomic E-state index is 10.1. The molecule has 0 unspecified atom stereocenters. The zero-order valence-corrected chi connectivity index (χ0v) is 7.15. The molecule has 0 aromatic heterocycles. The molecule has 1 rings (SSSR count). The Hall–Kier alpha value is -1.31. The molecule has 6 nitrogen and oxygen atoms in total. The first-order chi connectivity index (χ1) is 5.99. The molecule has 0 saturated heterocycles. The molecule has 0 amide bonds. The third-order valence-electron chi connectivity index (χ3n) is 1.16. The second-order valence-corrected chi connectivity index (χ2v) is 3.15. The van der Waals surface area contributed by atoms with Crippen molar-refractivity contribution in [3.63, 3.8) is 0 Å². The second kappa shape index (κ2) is 3.60. The van der Waals surface area contributed by atoms with Crippen LogP contribution in [-0.2, 0) is 14.7 Å². The summed E-state index contributed by atoms with van der Waals surface area (Å²) < 4.78 is 32.2. The van der Waals surface area contributed by atoms with Gasteiger partial charge in [0, 0.05) is 0 Å². The molecule has 0 atom stereocenters. The molecule has 0 bridgehead atoms. The van der Waals surface area contributed by atoms with E-state index in [0.29, 0.717) is 0 Å². The van der Waals surface area contributed by atoms with Crippen LogP contribution in [0.2, 0.25) is 0 Å². The molecule has 0 aliphatic carbocycles. The highest BCUT2D eigenvalue weighted by atomic mass is 32.3. The maximum Gasteiger partial charge on any atom is 0.418 e. The van der Waals surface area contributed by atoms with Crippen LogP contribution in [0.25, 0.3) is 0 Å². The van der Waals surface area contributed by atoms with Gasteiger partial charge < -0.3 is 5.11 Å². The zero-order chi connectivity index (χ0) is 9.90. The Morgan fingerprint density at radius 3 is 2.46 bits per heavy atom. The SMILES string of the molecule is O=S(=O)(O)ONc1ccccc1O. The lowest BCUT2D eigenvalue weighted by Crippen LogP contribution is -2.09. The van der Waals surface area contributed by atoms with Crippen molar-refractivity contribution in [1.82, 2.24) is 0 Å². The normalized spacial score (nSPS) is 11.2. The molecular formula is C6H7NO5S. The Balaban J connectivity index is 2.71. The Kier molecular flexibility index (Phi) is 2.71. The van der Waals surface area contributed by atoms with Crippen LogP contribution in [0.5, 0.6) is 5.75 Å². The highest BCUT2D eigenvalue weighted by Crippen LogP contribution is 2.21. The smallest absolute Gasteiger partial charge is 0.418 e. The molecule has 3 N–H and O–H groups in total. The summed E-state index contributed by atoms with van der Waals surface area (Å²) in [6.45, 7) is 0. The Bertz CT molecular complexity index is 388. The van der Waals surface area contributed by atoms with Crippen molar-refractivity contribution < 1.29 is 22.4 Å². The van der Waals surface area contributed by atoms with Gasteiger partial charge >= 0.3 is 10.4 Å². The third kappa shape index (κ3) is 3.28. The van der Waals surface area contributed by atoms with E-state index in [0.717, 1.165) is 0 Å². The van der Waals surface area contributed by atoms with Crippen LogP contribution in [0.1, 0.15) is 0 Å². The lowest BCUT2D eigenvalue weighted by Gasteiger charge is -2.04. The van der Waals surface area contributed by atoms with Gasteiger partial charge in [0.1, 0.15) is 11.4 Å². The zero-order valence-electron chi connectivity index (χ0n) is 6.34. The fourth-order valence-corrected chi connectivity index (χ4v) is 0.853. The minimum Gasteiger partial charge on any atom is -0.506 e. The molecule has 0 aliphatic rings. The molecule has 7 heteroatoms. The van der Waals surface area contributed by atoms with Crippen molar-refractivity contribution in [3.8, 4) is 5.75 Å². The highest BCUT2D eigenvalue weighted by Gasteiger charge is 2.06. The summed E-state index contributed by atoms with van der Waals surface area (Å²) >= 11 is 0. The summed E-state index contributed by atoms with van der Waals surface area (Å²) in [7, 11) is -4.56. The van der Waals surface area contributed by atoms with Crippen molar-refractivity contribution in [2.45, 2.75) is 0 Å². The monoisotopic (exact) mass is 205 g/mol. The van der Waals surface area contributed by atoms with Crippen molar-refractivity contribution in [3.05, 3.63) is 24.3 Å². The van der Waals surface area contributed by atoms with Crippen molar-refractivity contribution >= 4 is 16.1 Å². The van der Waals surface area contributed by atoms with Crippen LogP contribution < -0.4 is 5.48 Å². The van der Waals surface area contributed by atoms with Crippen molar-refractivity contribution in [2.75, 3.05) is 5.48 Å². The van der Waals surface area contributed by atoms with Crippen LogP contribution in [0.3, 0.4) is 0 Å². The lowest BCUT2D eigenvalue weighted by molar-refractivity contribution is 0.318. The average Bonchev–Trinajstić information content (AvgIpc) is 2.01. The van der Waals surface area contributed by atoms with Crippen LogP contribution in [0, 0.1) is 0 Å². The molecule has 1 aromatic carbocycles. The fraction of sp³-hybridized carbons (Fsp3) is 0. The van der Waals surface area contributed by atoms with E-state index in [-0.39, 0.29) is 11.4 Å². The molecule has 0 aliphatic heterocycles. The number of hydrogen-bond donors (Lipinski definition) is 3. The molecule has 0 saturated carbocycles. The van der Waals surface area contributed by atoms with Crippen molar-refractivity contribution in [1.29, 1.82) is 0 Å². The number of hydrogen-bond acceptors (Lipinski definition) is 5. The first kappa shape index (κ1) is 9.78. The standard InChI is InChI=1S/C6H7NO5S/c8-6-4-2-1-3-5(6)7-12-13(9,10)11/h1-4,7-8H,(H,9,10,11). The molecule has 1 aromatic rings. The number of benzene rings is 1. The largest absolute Gasteiger partial charge is 0.506 e. The second-order valence-electron chi connectivity index (χ2n) is 2.13. The minimum atomic E-state index is -4.56. The fourth-order valence-electron chi connectivity index (χ4n) is 0.657. The molecule has 0 spiro atoms. The van der Waals surface area contributed by atoms with Crippen LogP contribution in [-0.4, -0.2) is 18.1 Å². The summed E-state index contributed by atoms with van der Waals surface area (Å²) in [5.41, 5.74) is 1.91. The van der Waals surface area contributed by atoms with Crippen molar-refractivity contribution in [2.24, 2.45) is 0 Å². The van der Waals surface area contributed by atoms with E-state index in [4.69, 9.17) is 9.66 Å². The number of para-hydroxylation sites is 2. The Morgan fingerprint density at radius 2 is 1.92 bits per heavy atom. The maximum absolute atomic E-state index is 10.1. The van der Waals surface area contributed by atoms with E-state index >= 15 is 0 Å². The first-order valence-corrected chi connectivity index (χ1v) is 4.55. The van der Waals surface area contributed by atoms with Gasteiger partial charge in [0.2, 0.25) is 0 Å². The van der Waals surface area contributed by atoms with Gasteiger partial charge in [-0.1, -0.05) is 12.1 Å². The topological polar surface area (TPSA) is 95.9 Å². The minimum absolute atomic E-state index is 0.0418. The van der Waals surface area contributed by atoms with Gasteiger partial charge in [-0.25, -0.2) is 5.48 Å². The number of phenols is 1. The summed E-state index contributed by atoms with van der Waals surface area (Å²) in [5, 5.41) is 9.09. The van der Waals surface area contributed by atoms with E-state index in [1.807, 2.05) is 5.48 Å². The van der Waals surface area contributed by atoms with Crippen LogP contribution in [0.4, 0.5) is 5.69 Å². The Labute approximate surface area is 74.7 Å². The predicted octanol–water partition coefficient (Wildman–Crippen LogP) is 0.538. The summed E-state index contributed by atoms with van der Waals surface area (Å²) in [5.74, 6) is -0.189. The van der Waals surface area contributed by atoms with Gasteiger partial charge in [0.15, 0.2) is 0 Å². The molecule has 0 heterocycles. The molecule has 0 radical (unpaired) electrons. The van der Waals surface area contributed by atoms with Gasteiger partial charge in [-0.05, 0) is 12.1 Å². The number of anilines is 1. The van der Waals surface area contributed by atoms with Gasteiger partial charge in [-0.3, -0.25) is 4.55 Å². The van der Waals surface area contributed by atoms with Gasteiger partial charge in [0.25, 0.3) is 0 Å². The van der Waals surface area contributed by atoms with E-state index in [2.05, 4.69) is 4.28 Å². The third-order valence-corrected chi connectivity index (χ3v) is 1.45. The summed E-state index contributed by atoms with van der Waals surface area (Å²) in [6, 6.07) is 5.81. The van der Waals surface area contributed by atoms with Crippen LogP contribution >= 0.6 is 0 Å². The van der Waals surface area contributed by atoms with Gasteiger partial charge in [-0.15, -0.1) is 4.28 Å². The summed E-state index contributed by atoms with van der Waals surface area (Å²) in [6.07, 6.45) is 0. The van der Waals surface area contributed by atoms with E-state index < -0.39 is 10.4 Å². The highest BCUT2D eigenvalue weighted by molar-refractivity contribution is 7.80. The van der Waals surface area contributed by atoms with Gasteiger partial charge in [-0.2, -0.15) is 8.42 Å². The number of phenolic OH excluding ortho intramolecular Hbond substituents is 1. The molecule has 13 heavy (non-hydrogen) atoms. The first-order valence-electron chi connectivity index (χ1n) is 3.19. The van der Waals surface area contributed by atoms with Gasteiger partial charge in [0.05, 0.1) is 0 Å². The number of rotatable bonds is 3. The lowest BCUT2D eigenvalue weighted by atomic mass is 10.3. The molecule has 0 fully saturated rings. The predicted molar refractivity (Wildman–Crippen MR) is 44.4 cm³/mol. The Morgan fingerprint density at radius 1 is 1.31 bits per heavy atom. The summed E-state index contributed by atoms with van der Waals surface area (Å²) in [4.78, 5) is 0. The molecular weight excluding hydrogens is 198 g/mol. The van der Waals surface area contributed by atoms with E-state index in [9.17, 15) is 8.42 Å². The quantitative estimate of drug-likeness (QED) is 0.378. The van der Waals surface area contributed by atoms with Crippen LogP contribution in [0.15, 0.2) is 24.3 Å². The molecule has 72 valence electrons. The number of aromatic hydroxyl groups is 1. The number of nitrogens with one attached hydrogen (secondary N) is 1. The average molecular weight is 205 g/mol. The van der Waals surface area contributed by atoms with E-state index in [1.165, 1.54) is 12.1 Å².